The lowest BCUT2D eigenvalue weighted by Crippen LogP contribution is -2.43. The van der Waals surface area contributed by atoms with Crippen molar-refractivity contribution in [1.29, 1.82) is 0 Å². The summed E-state index contributed by atoms with van der Waals surface area (Å²) in [6.45, 7) is 0.658. The Kier molecular flexibility index (Phi) is 4.78. The number of carbonyl (C=O) groups excluding carboxylic acids is 1. The quantitative estimate of drug-likeness (QED) is 0.899. The van der Waals surface area contributed by atoms with Crippen molar-refractivity contribution < 1.29 is 4.79 Å². The van der Waals surface area contributed by atoms with Crippen LogP contribution in [0.4, 0.5) is 0 Å². The van der Waals surface area contributed by atoms with E-state index in [9.17, 15) is 4.79 Å². The molecule has 1 atom stereocenters. The van der Waals surface area contributed by atoms with Crippen LogP contribution in [0.3, 0.4) is 0 Å². The van der Waals surface area contributed by atoms with Crippen LogP contribution in [-0.4, -0.2) is 41.5 Å². The summed E-state index contributed by atoms with van der Waals surface area (Å²) < 4.78 is 3.94. The first-order valence-electron chi connectivity index (χ1n) is 9.00. The molecular weight excluding hydrogens is 336 g/mol. The predicted octanol–water partition coefficient (Wildman–Crippen LogP) is 1.79. The second-order valence-electron chi connectivity index (χ2n) is 7.01. The molecule has 25 heavy (non-hydrogen) atoms. The second kappa shape index (κ2) is 7.19. The van der Waals surface area contributed by atoms with E-state index in [0.717, 1.165) is 49.5 Å². The number of carbonyl (C=O) groups is 1. The molecular formula is C17H24N6OS. The molecule has 0 saturated heterocycles. The molecule has 0 bridgehead atoms. The maximum absolute atomic E-state index is 12.6. The number of rotatable bonds is 4. The Hall–Kier alpha value is -1.83. The van der Waals surface area contributed by atoms with Gasteiger partial charge in [0.05, 0.1) is 12.5 Å². The van der Waals surface area contributed by atoms with Gasteiger partial charge in [-0.1, -0.05) is 11.8 Å². The zero-order chi connectivity index (χ0) is 17.2. The smallest absolute Gasteiger partial charge is 0.225 e. The van der Waals surface area contributed by atoms with Crippen molar-refractivity contribution in [2.24, 2.45) is 13.0 Å². The van der Waals surface area contributed by atoms with Crippen LogP contribution in [0.1, 0.15) is 37.9 Å². The van der Waals surface area contributed by atoms with Gasteiger partial charge >= 0.3 is 0 Å². The van der Waals surface area contributed by atoms with Crippen molar-refractivity contribution in [1.82, 2.24) is 29.6 Å². The minimum absolute atomic E-state index is 0.0221. The average Bonchev–Trinajstić information content (AvgIpc) is 3.25. The van der Waals surface area contributed by atoms with Gasteiger partial charge in [-0.3, -0.25) is 4.79 Å². The summed E-state index contributed by atoms with van der Waals surface area (Å²) in [6, 6.07) is 0.308. The molecule has 0 spiro atoms. The van der Waals surface area contributed by atoms with Crippen LogP contribution in [0.5, 0.6) is 0 Å². The third-order valence-corrected chi connectivity index (χ3v) is 6.65. The number of fused-ring (bicyclic) bond motifs is 1. The van der Waals surface area contributed by atoms with E-state index < -0.39 is 0 Å². The first kappa shape index (κ1) is 16.6. The summed E-state index contributed by atoms with van der Waals surface area (Å²) in [7, 11) is 2.03. The van der Waals surface area contributed by atoms with Gasteiger partial charge in [0.15, 0.2) is 5.16 Å². The van der Waals surface area contributed by atoms with E-state index in [1.54, 1.807) is 6.33 Å². The number of hydrogen-bond donors (Lipinski definition) is 1. The van der Waals surface area contributed by atoms with E-state index in [2.05, 4.69) is 25.0 Å². The third-order valence-electron chi connectivity index (χ3n) is 5.25. The highest BCUT2D eigenvalue weighted by molar-refractivity contribution is 7.99. The lowest BCUT2D eigenvalue weighted by Gasteiger charge is -2.30. The first-order valence-corrected chi connectivity index (χ1v) is 9.88. The molecule has 8 heteroatoms. The lowest BCUT2D eigenvalue weighted by atomic mass is 9.93. The van der Waals surface area contributed by atoms with Crippen molar-refractivity contribution in [2.75, 3.05) is 0 Å². The minimum atomic E-state index is 0.0221. The Morgan fingerprint density at radius 1 is 1.24 bits per heavy atom. The van der Waals surface area contributed by atoms with Gasteiger partial charge < -0.3 is 9.88 Å². The minimum Gasteiger partial charge on any atom is -0.353 e. The SMILES string of the molecule is Cn1ccnc1SC1CCC(NC(=O)C2CCc3ncnn3C2)CC1. The zero-order valence-electron chi connectivity index (χ0n) is 14.5. The molecule has 134 valence electrons. The van der Waals surface area contributed by atoms with Gasteiger partial charge in [-0.25, -0.2) is 14.6 Å². The number of aromatic nitrogens is 5. The number of thioether (sulfide) groups is 1. The molecule has 1 unspecified atom stereocenters. The van der Waals surface area contributed by atoms with E-state index in [0.29, 0.717) is 17.8 Å². The highest BCUT2D eigenvalue weighted by atomic mass is 32.2. The number of aryl methyl sites for hydroxylation is 2. The van der Waals surface area contributed by atoms with E-state index in [1.807, 2.05) is 35.9 Å². The monoisotopic (exact) mass is 360 g/mol. The molecule has 0 radical (unpaired) electrons. The van der Waals surface area contributed by atoms with Crippen LogP contribution in [0.2, 0.25) is 0 Å². The summed E-state index contributed by atoms with van der Waals surface area (Å²) in [5.74, 6) is 1.20. The molecule has 0 aromatic carbocycles. The summed E-state index contributed by atoms with van der Waals surface area (Å²) in [4.78, 5) is 21.2. The predicted molar refractivity (Wildman–Crippen MR) is 95.1 cm³/mol. The molecule has 1 aliphatic carbocycles. The maximum Gasteiger partial charge on any atom is 0.225 e. The van der Waals surface area contributed by atoms with Crippen LogP contribution < -0.4 is 5.32 Å². The van der Waals surface area contributed by atoms with Gasteiger partial charge in [0.2, 0.25) is 5.91 Å². The first-order chi connectivity index (χ1) is 12.2. The van der Waals surface area contributed by atoms with Crippen molar-refractivity contribution >= 4 is 17.7 Å². The Morgan fingerprint density at radius 3 is 2.84 bits per heavy atom. The molecule has 2 aromatic rings. The highest BCUT2D eigenvalue weighted by Gasteiger charge is 2.29. The number of hydrogen-bond acceptors (Lipinski definition) is 5. The lowest BCUT2D eigenvalue weighted by molar-refractivity contribution is -0.127. The number of nitrogens with zero attached hydrogens (tertiary/aromatic N) is 5. The van der Waals surface area contributed by atoms with Crippen molar-refractivity contribution in [2.45, 2.75) is 61.5 Å². The Balaban J connectivity index is 1.25. The zero-order valence-corrected chi connectivity index (χ0v) is 15.3. The summed E-state index contributed by atoms with van der Waals surface area (Å²) in [5.41, 5.74) is 0. The van der Waals surface area contributed by atoms with Crippen LogP contribution in [-0.2, 0) is 24.8 Å². The Labute approximate surface area is 151 Å². The third kappa shape index (κ3) is 3.73. The van der Waals surface area contributed by atoms with Crippen LogP contribution in [0, 0.1) is 5.92 Å². The highest BCUT2D eigenvalue weighted by Crippen LogP contribution is 2.33. The number of nitrogens with one attached hydrogen (secondary N) is 1. The molecule has 7 nitrogen and oxygen atoms in total. The fourth-order valence-corrected chi connectivity index (χ4v) is 4.87. The molecule has 3 heterocycles. The maximum atomic E-state index is 12.6. The van der Waals surface area contributed by atoms with Crippen LogP contribution in [0.25, 0.3) is 0 Å². The number of amides is 1. The molecule has 1 amide bonds. The molecule has 1 fully saturated rings. The molecule has 1 aliphatic heterocycles. The van der Waals surface area contributed by atoms with Gasteiger partial charge in [-0.15, -0.1) is 0 Å². The topological polar surface area (TPSA) is 77.6 Å². The summed E-state index contributed by atoms with van der Waals surface area (Å²) in [5, 5.41) is 9.16. The van der Waals surface area contributed by atoms with Crippen molar-refractivity contribution in [3.05, 3.63) is 24.5 Å². The van der Waals surface area contributed by atoms with E-state index in [1.165, 1.54) is 0 Å². The van der Waals surface area contributed by atoms with Crippen LogP contribution >= 0.6 is 11.8 Å². The van der Waals surface area contributed by atoms with Crippen LogP contribution in [0.15, 0.2) is 23.9 Å². The molecule has 2 aromatic heterocycles. The molecule has 4 rings (SSSR count). The largest absolute Gasteiger partial charge is 0.353 e. The molecule has 1 N–H and O–H groups in total. The van der Waals surface area contributed by atoms with E-state index in [4.69, 9.17) is 0 Å². The normalized spacial score (nSPS) is 26.2. The molecule has 2 aliphatic rings. The Morgan fingerprint density at radius 2 is 2.08 bits per heavy atom. The fourth-order valence-electron chi connectivity index (χ4n) is 3.71. The average molecular weight is 360 g/mol. The van der Waals surface area contributed by atoms with Gasteiger partial charge in [-0.05, 0) is 32.1 Å². The second-order valence-corrected chi connectivity index (χ2v) is 8.28. The van der Waals surface area contributed by atoms with E-state index in [-0.39, 0.29) is 11.8 Å². The van der Waals surface area contributed by atoms with Gasteiger partial charge in [0.1, 0.15) is 12.2 Å². The fraction of sp³-hybridized carbons (Fsp3) is 0.647. The number of imidazole rings is 1. The van der Waals surface area contributed by atoms with E-state index >= 15 is 0 Å². The van der Waals surface area contributed by atoms with Crippen molar-refractivity contribution in [3.63, 3.8) is 0 Å². The summed E-state index contributed by atoms with van der Waals surface area (Å²) >= 11 is 1.86. The Bertz CT molecular complexity index is 733. The van der Waals surface area contributed by atoms with Gasteiger partial charge in [0.25, 0.3) is 0 Å². The molecule has 1 saturated carbocycles. The standard InChI is InChI=1S/C17H24N6OS/c1-22-9-8-18-17(22)25-14-5-3-13(4-6-14)21-16(24)12-2-7-15-19-11-20-23(15)10-12/h8-9,11-14H,2-7,10H2,1H3,(H,21,24). The van der Waals surface area contributed by atoms with Gasteiger partial charge in [0, 0.05) is 37.2 Å². The summed E-state index contributed by atoms with van der Waals surface area (Å²) in [6.07, 6.45) is 11.5. The van der Waals surface area contributed by atoms with Gasteiger partial charge in [-0.2, -0.15) is 5.10 Å². The van der Waals surface area contributed by atoms with Crippen molar-refractivity contribution in [3.8, 4) is 0 Å².